The van der Waals surface area contributed by atoms with E-state index in [2.05, 4.69) is 5.32 Å². The number of carbonyl (C=O) groups excluding carboxylic acids is 1. The summed E-state index contributed by atoms with van der Waals surface area (Å²) < 4.78 is 12.9. The zero-order chi connectivity index (χ0) is 18.2. The maximum absolute atomic E-state index is 12.9. The van der Waals surface area contributed by atoms with Gasteiger partial charge >= 0.3 is 5.97 Å². The molecule has 0 aliphatic heterocycles. The molecular formula is C19H20FNO4. The molecule has 132 valence electrons. The van der Waals surface area contributed by atoms with Gasteiger partial charge in [-0.25, -0.2) is 4.39 Å². The molecule has 0 fully saturated rings. The second-order valence-electron chi connectivity index (χ2n) is 5.78. The third-order valence-electron chi connectivity index (χ3n) is 3.81. The van der Waals surface area contributed by atoms with E-state index in [0.29, 0.717) is 6.42 Å². The van der Waals surface area contributed by atoms with E-state index in [1.807, 2.05) is 30.3 Å². The Morgan fingerprint density at radius 1 is 1.04 bits per heavy atom. The first-order valence-corrected chi connectivity index (χ1v) is 7.95. The van der Waals surface area contributed by atoms with Gasteiger partial charge in [-0.15, -0.1) is 0 Å². The Morgan fingerprint density at radius 3 is 2.28 bits per heavy atom. The van der Waals surface area contributed by atoms with Crippen LogP contribution in [0.4, 0.5) is 4.39 Å². The predicted octanol–water partition coefficient (Wildman–Crippen LogP) is 2.45. The van der Waals surface area contributed by atoms with E-state index in [1.165, 1.54) is 12.1 Å². The first kappa shape index (κ1) is 18.6. The highest BCUT2D eigenvalue weighted by atomic mass is 19.1. The number of aliphatic hydroxyl groups is 1. The number of amides is 1. The Morgan fingerprint density at radius 2 is 1.68 bits per heavy atom. The maximum Gasteiger partial charge on any atom is 0.303 e. The lowest BCUT2D eigenvalue weighted by molar-refractivity contribution is -0.137. The summed E-state index contributed by atoms with van der Waals surface area (Å²) in [5, 5.41) is 21.7. The average molecular weight is 345 g/mol. The van der Waals surface area contributed by atoms with Gasteiger partial charge in [-0.3, -0.25) is 9.59 Å². The Hall–Kier alpha value is -2.73. The molecule has 0 aliphatic carbocycles. The fourth-order valence-electron chi connectivity index (χ4n) is 2.50. The molecule has 0 aliphatic rings. The van der Waals surface area contributed by atoms with Crippen molar-refractivity contribution in [2.75, 3.05) is 0 Å². The Bertz CT molecular complexity index is 703. The first-order valence-electron chi connectivity index (χ1n) is 7.95. The van der Waals surface area contributed by atoms with Gasteiger partial charge in [-0.1, -0.05) is 42.5 Å². The van der Waals surface area contributed by atoms with Gasteiger partial charge in [0.1, 0.15) is 5.82 Å². The van der Waals surface area contributed by atoms with E-state index < -0.39 is 29.8 Å². The van der Waals surface area contributed by atoms with Crippen LogP contribution in [0, 0.1) is 5.82 Å². The van der Waals surface area contributed by atoms with Crippen molar-refractivity contribution < 1.29 is 24.2 Å². The van der Waals surface area contributed by atoms with Gasteiger partial charge in [-0.05, 0) is 36.1 Å². The minimum absolute atomic E-state index is 0.0928. The number of hydrogen-bond donors (Lipinski definition) is 3. The number of aliphatic hydroxyl groups excluding tert-OH is 1. The van der Waals surface area contributed by atoms with Crippen LogP contribution in [0.5, 0.6) is 0 Å². The van der Waals surface area contributed by atoms with Crippen molar-refractivity contribution in [3.63, 3.8) is 0 Å². The van der Waals surface area contributed by atoms with Crippen LogP contribution in [0.1, 0.15) is 30.1 Å². The molecule has 6 heteroatoms. The average Bonchev–Trinajstić information content (AvgIpc) is 2.60. The van der Waals surface area contributed by atoms with Crippen LogP contribution >= 0.6 is 0 Å². The van der Waals surface area contributed by atoms with Crippen LogP contribution < -0.4 is 5.32 Å². The van der Waals surface area contributed by atoms with E-state index in [0.717, 1.165) is 17.7 Å². The molecule has 2 rings (SSSR count). The van der Waals surface area contributed by atoms with Crippen molar-refractivity contribution in [3.8, 4) is 0 Å². The molecule has 0 aromatic heterocycles. The molecule has 0 heterocycles. The minimum atomic E-state index is -1.44. The summed E-state index contributed by atoms with van der Waals surface area (Å²) >= 11 is 0. The van der Waals surface area contributed by atoms with Gasteiger partial charge < -0.3 is 15.5 Å². The van der Waals surface area contributed by atoms with Crippen molar-refractivity contribution in [3.05, 3.63) is 71.5 Å². The van der Waals surface area contributed by atoms with Crippen LogP contribution in [0.25, 0.3) is 0 Å². The monoisotopic (exact) mass is 345 g/mol. The molecule has 0 bridgehead atoms. The summed E-state index contributed by atoms with van der Waals surface area (Å²) in [7, 11) is 0. The van der Waals surface area contributed by atoms with E-state index in [4.69, 9.17) is 5.11 Å². The topological polar surface area (TPSA) is 86.6 Å². The lowest BCUT2D eigenvalue weighted by Gasteiger charge is -2.20. The number of carbonyl (C=O) groups is 2. The van der Waals surface area contributed by atoms with Gasteiger partial charge in [0, 0.05) is 12.5 Å². The van der Waals surface area contributed by atoms with E-state index >= 15 is 0 Å². The molecule has 2 atom stereocenters. The summed E-state index contributed by atoms with van der Waals surface area (Å²) in [6.07, 6.45) is -0.837. The number of hydrogen-bond acceptors (Lipinski definition) is 3. The molecule has 25 heavy (non-hydrogen) atoms. The van der Waals surface area contributed by atoms with E-state index in [9.17, 15) is 19.1 Å². The Balaban J connectivity index is 2.04. The van der Waals surface area contributed by atoms with Crippen LogP contribution in [-0.2, 0) is 16.0 Å². The molecular weight excluding hydrogens is 325 g/mol. The molecule has 1 unspecified atom stereocenters. The molecule has 0 saturated carbocycles. The maximum atomic E-state index is 12.9. The number of halogens is 1. The molecule has 1 amide bonds. The molecule has 0 radical (unpaired) electrons. The van der Waals surface area contributed by atoms with Gasteiger partial charge in [0.05, 0.1) is 0 Å². The van der Waals surface area contributed by atoms with Crippen LogP contribution in [0.15, 0.2) is 54.6 Å². The van der Waals surface area contributed by atoms with Crippen LogP contribution in [0.3, 0.4) is 0 Å². The standard InChI is InChI=1S/C19H20FNO4/c20-15-8-6-14(7-9-15)18(24)19(25)21-16(10-11-17(22)23)12-13-4-2-1-3-5-13/h1-9,16,18,24H,10-12H2,(H,21,25)(H,22,23)/t16?,18-/m1/s1. The van der Waals surface area contributed by atoms with Crippen molar-refractivity contribution in [1.82, 2.24) is 5.32 Å². The number of nitrogens with one attached hydrogen (secondary N) is 1. The fourth-order valence-corrected chi connectivity index (χ4v) is 2.50. The smallest absolute Gasteiger partial charge is 0.303 e. The normalized spacial score (nSPS) is 13.0. The van der Waals surface area contributed by atoms with Crippen molar-refractivity contribution >= 4 is 11.9 Å². The number of rotatable bonds is 8. The second-order valence-corrected chi connectivity index (χ2v) is 5.78. The summed E-state index contributed by atoms with van der Waals surface area (Å²) in [6.45, 7) is 0. The molecule has 5 nitrogen and oxygen atoms in total. The minimum Gasteiger partial charge on any atom is -0.481 e. The van der Waals surface area contributed by atoms with Gasteiger partial charge in [0.2, 0.25) is 0 Å². The predicted molar refractivity (Wildman–Crippen MR) is 90.3 cm³/mol. The highest BCUT2D eigenvalue weighted by molar-refractivity contribution is 5.82. The van der Waals surface area contributed by atoms with Crippen molar-refractivity contribution in [2.24, 2.45) is 0 Å². The molecule has 2 aromatic rings. The van der Waals surface area contributed by atoms with Gasteiger partial charge in [0.25, 0.3) is 5.91 Å². The lowest BCUT2D eigenvalue weighted by Crippen LogP contribution is -2.39. The molecule has 0 spiro atoms. The third-order valence-corrected chi connectivity index (χ3v) is 3.81. The Labute approximate surface area is 145 Å². The number of benzene rings is 2. The van der Waals surface area contributed by atoms with Gasteiger partial charge in [0.15, 0.2) is 6.10 Å². The fraction of sp³-hybridized carbons (Fsp3) is 0.263. The summed E-state index contributed by atoms with van der Waals surface area (Å²) in [4.78, 5) is 23.1. The highest BCUT2D eigenvalue weighted by Gasteiger charge is 2.21. The lowest BCUT2D eigenvalue weighted by atomic mass is 10.0. The van der Waals surface area contributed by atoms with Crippen molar-refractivity contribution in [2.45, 2.75) is 31.4 Å². The zero-order valence-corrected chi connectivity index (χ0v) is 13.6. The largest absolute Gasteiger partial charge is 0.481 e. The number of aliphatic carboxylic acids is 1. The number of carboxylic acid groups (broad SMARTS) is 1. The summed E-state index contributed by atoms with van der Waals surface area (Å²) in [6, 6.07) is 13.9. The second kappa shape index (κ2) is 8.94. The molecule has 0 saturated heterocycles. The number of carboxylic acids is 1. The third kappa shape index (κ3) is 6.00. The molecule has 2 aromatic carbocycles. The van der Waals surface area contributed by atoms with Gasteiger partial charge in [-0.2, -0.15) is 0 Å². The Kier molecular flexibility index (Phi) is 6.65. The summed E-state index contributed by atoms with van der Waals surface area (Å²) in [5.74, 6) is -2.05. The zero-order valence-electron chi connectivity index (χ0n) is 13.6. The van der Waals surface area contributed by atoms with E-state index in [1.54, 1.807) is 0 Å². The highest BCUT2D eigenvalue weighted by Crippen LogP contribution is 2.15. The quantitative estimate of drug-likeness (QED) is 0.686. The van der Waals surface area contributed by atoms with Crippen LogP contribution in [0.2, 0.25) is 0 Å². The van der Waals surface area contributed by atoms with Crippen molar-refractivity contribution in [1.29, 1.82) is 0 Å². The summed E-state index contributed by atoms with van der Waals surface area (Å²) in [5.41, 5.74) is 1.23. The SMILES string of the molecule is O=C(O)CCC(Cc1ccccc1)NC(=O)[C@H](O)c1ccc(F)cc1. The first-order chi connectivity index (χ1) is 12.0. The van der Waals surface area contributed by atoms with Crippen LogP contribution in [-0.4, -0.2) is 28.1 Å². The van der Waals surface area contributed by atoms with E-state index in [-0.39, 0.29) is 18.4 Å². The molecule has 3 N–H and O–H groups in total.